The van der Waals surface area contributed by atoms with Crippen LogP contribution in [0.4, 0.5) is 0 Å². The van der Waals surface area contributed by atoms with Gasteiger partial charge < -0.3 is 19.5 Å². The van der Waals surface area contributed by atoms with Gasteiger partial charge in [0.05, 0.1) is 18.6 Å². The van der Waals surface area contributed by atoms with E-state index in [1.807, 2.05) is 75.6 Å². The molecule has 1 aliphatic rings. The second kappa shape index (κ2) is 9.40. The highest BCUT2D eigenvalue weighted by atomic mass is 16.5. The monoisotopic (exact) mass is 461 g/mol. The fourth-order valence-electron chi connectivity index (χ4n) is 5.17. The number of methoxy groups -OCH3 is 1. The van der Waals surface area contributed by atoms with Crippen molar-refractivity contribution in [3.05, 3.63) is 71.8 Å². The first kappa shape index (κ1) is 24.2. The summed E-state index contributed by atoms with van der Waals surface area (Å²) in [5, 5.41) is 13.9. The second-order valence-electron chi connectivity index (χ2n) is 9.88. The van der Waals surface area contributed by atoms with Gasteiger partial charge in [0.15, 0.2) is 0 Å². The van der Waals surface area contributed by atoms with E-state index >= 15 is 0 Å². The van der Waals surface area contributed by atoms with Crippen LogP contribution in [0, 0.1) is 0 Å². The third kappa shape index (κ3) is 4.30. The van der Waals surface area contributed by atoms with Gasteiger partial charge in [-0.15, -0.1) is 0 Å². The molecular weight excluding hydrogens is 426 g/mol. The van der Waals surface area contributed by atoms with Crippen molar-refractivity contribution in [1.82, 2.24) is 4.90 Å². The first-order valence-corrected chi connectivity index (χ1v) is 12.0. The molecule has 0 aliphatic heterocycles. The largest absolute Gasteiger partial charge is 0.497 e. The maximum absolute atomic E-state index is 13.0. The van der Waals surface area contributed by atoms with Crippen molar-refractivity contribution >= 4 is 16.7 Å². The molecular formula is C29H35NO4. The van der Waals surface area contributed by atoms with Gasteiger partial charge in [0, 0.05) is 0 Å². The molecule has 0 spiro atoms. The first-order valence-electron chi connectivity index (χ1n) is 12.0. The van der Waals surface area contributed by atoms with Crippen molar-refractivity contribution in [3.63, 3.8) is 0 Å². The van der Waals surface area contributed by atoms with Crippen molar-refractivity contribution in [1.29, 1.82) is 0 Å². The molecule has 3 aromatic rings. The lowest BCUT2D eigenvalue weighted by Gasteiger charge is -2.52. The van der Waals surface area contributed by atoms with Gasteiger partial charge in [-0.3, -0.25) is 4.79 Å². The second-order valence-corrected chi connectivity index (χ2v) is 9.88. The number of likely N-dealkylation sites (N-methyl/N-ethyl adjacent to an activating group) is 1. The topological polar surface area (TPSA) is 59.0 Å². The molecule has 34 heavy (non-hydrogen) atoms. The number of ether oxygens (including phenoxy) is 2. The molecule has 3 atom stereocenters. The van der Waals surface area contributed by atoms with Gasteiger partial charge in [-0.25, -0.2) is 0 Å². The third-order valence-corrected chi connectivity index (χ3v) is 7.79. The normalized spacial score (nSPS) is 23.6. The van der Waals surface area contributed by atoms with Crippen LogP contribution in [0.3, 0.4) is 0 Å². The van der Waals surface area contributed by atoms with Crippen molar-refractivity contribution < 1.29 is 19.4 Å². The summed E-state index contributed by atoms with van der Waals surface area (Å²) in [6, 6.07) is 19.2. The van der Waals surface area contributed by atoms with Gasteiger partial charge in [0.2, 0.25) is 0 Å². The molecule has 0 amide bonds. The summed E-state index contributed by atoms with van der Waals surface area (Å²) in [5.41, 5.74) is 0.280. The van der Waals surface area contributed by atoms with Crippen LogP contribution in [-0.4, -0.2) is 42.7 Å². The van der Waals surface area contributed by atoms with Gasteiger partial charge in [-0.2, -0.15) is 0 Å². The molecule has 4 rings (SSSR count). The van der Waals surface area contributed by atoms with E-state index in [0.717, 1.165) is 46.9 Å². The van der Waals surface area contributed by atoms with E-state index in [-0.39, 0.29) is 5.97 Å². The molecule has 0 radical (unpaired) electrons. The van der Waals surface area contributed by atoms with Crippen LogP contribution in [0.25, 0.3) is 10.8 Å². The van der Waals surface area contributed by atoms with Gasteiger partial charge in [-0.05, 0) is 86.9 Å². The van der Waals surface area contributed by atoms with E-state index in [1.165, 1.54) is 0 Å². The predicted molar refractivity (Wildman–Crippen MR) is 135 cm³/mol. The van der Waals surface area contributed by atoms with Crippen LogP contribution in [0.2, 0.25) is 0 Å². The van der Waals surface area contributed by atoms with E-state index < -0.39 is 17.1 Å². The Bertz CT molecular complexity index is 1190. The van der Waals surface area contributed by atoms with Crippen LogP contribution in [0.15, 0.2) is 60.7 Å². The number of benzene rings is 3. The summed E-state index contributed by atoms with van der Waals surface area (Å²) >= 11 is 0. The fraction of sp³-hybridized carbons (Fsp3) is 0.414. The van der Waals surface area contributed by atoms with Crippen LogP contribution in [0.5, 0.6) is 11.5 Å². The summed E-state index contributed by atoms with van der Waals surface area (Å²) in [7, 11) is 5.68. The van der Waals surface area contributed by atoms with E-state index in [9.17, 15) is 9.90 Å². The van der Waals surface area contributed by atoms with E-state index in [2.05, 4.69) is 11.8 Å². The number of esters is 1. The average Bonchev–Trinajstić information content (AvgIpc) is 2.84. The van der Waals surface area contributed by atoms with Gasteiger partial charge in [-0.1, -0.05) is 49.2 Å². The summed E-state index contributed by atoms with van der Waals surface area (Å²) < 4.78 is 11.1. The minimum Gasteiger partial charge on any atom is -0.497 e. The SMILES string of the molecule is COc1ccc2cc(C(C)C(=O)Oc3cccc(C4(O)CCCCC4(C)N(C)C)c3)ccc2c1. The van der Waals surface area contributed by atoms with E-state index in [1.54, 1.807) is 13.2 Å². The number of hydrogen-bond acceptors (Lipinski definition) is 5. The highest BCUT2D eigenvalue weighted by molar-refractivity contribution is 5.87. The third-order valence-electron chi connectivity index (χ3n) is 7.79. The molecule has 3 unspecified atom stereocenters. The number of nitrogens with zero attached hydrogens (tertiary/aromatic N) is 1. The van der Waals surface area contributed by atoms with Crippen molar-refractivity contribution in [2.45, 2.75) is 56.6 Å². The maximum Gasteiger partial charge on any atom is 0.318 e. The summed E-state index contributed by atoms with van der Waals surface area (Å²) in [5.74, 6) is 0.508. The highest BCUT2D eigenvalue weighted by Crippen LogP contribution is 2.47. The molecule has 0 heterocycles. The molecule has 1 saturated carbocycles. The van der Waals surface area contributed by atoms with Crippen LogP contribution < -0.4 is 9.47 Å². The predicted octanol–water partition coefficient (Wildman–Crippen LogP) is 5.64. The van der Waals surface area contributed by atoms with Crippen LogP contribution in [-0.2, 0) is 10.4 Å². The van der Waals surface area contributed by atoms with Gasteiger partial charge in [0.1, 0.15) is 17.1 Å². The number of hydrogen-bond donors (Lipinski definition) is 1. The van der Waals surface area contributed by atoms with Gasteiger partial charge >= 0.3 is 5.97 Å². The molecule has 0 aromatic heterocycles. The Morgan fingerprint density at radius 1 is 0.971 bits per heavy atom. The molecule has 0 saturated heterocycles. The quantitative estimate of drug-likeness (QED) is 0.380. The zero-order valence-electron chi connectivity index (χ0n) is 20.8. The number of aliphatic hydroxyl groups is 1. The molecule has 180 valence electrons. The summed E-state index contributed by atoms with van der Waals surface area (Å²) in [4.78, 5) is 15.2. The summed E-state index contributed by atoms with van der Waals surface area (Å²) in [6.07, 6.45) is 3.64. The Morgan fingerprint density at radius 3 is 2.41 bits per heavy atom. The van der Waals surface area contributed by atoms with E-state index in [4.69, 9.17) is 9.47 Å². The van der Waals surface area contributed by atoms with Gasteiger partial charge in [0.25, 0.3) is 0 Å². The number of fused-ring (bicyclic) bond motifs is 1. The zero-order valence-corrected chi connectivity index (χ0v) is 20.8. The van der Waals surface area contributed by atoms with Crippen molar-refractivity contribution in [2.24, 2.45) is 0 Å². The molecule has 1 aliphatic carbocycles. The first-order chi connectivity index (χ1) is 16.2. The Labute approximate surface area is 202 Å². The lowest BCUT2D eigenvalue weighted by molar-refractivity contribution is -0.135. The van der Waals surface area contributed by atoms with Crippen LogP contribution in [0.1, 0.15) is 56.6 Å². The minimum atomic E-state index is -1.01. The molecule has 1 N–H and O–H groups in total. The van der Waals surface area contributed by atoms with Crippen molar-refractivity contribution in [3.8, 4) is 11.5 Å². The zero-order chi connectivity index (χ0) is 24.5. The molecule has 3 aromatic carbocycles. The molecule has 5 heteroatoms. The molecule has 5 nitrogen and oxygen atoms in total. The lowest BCUT2D eigenvalue weighted by Crippen LogP contribution is -2.59. The van der Waals surface area contributed by atoms with E-state index in [0.29, 0.717) is 12.2 Å². The van der Waals surface area contributed by atoms with Crippen molar-refractivity contribution in [2.75, 3.05) is 21.2 Å². The lowest BCUT2D eigenvalue weighted by atomic mass is 9.66. The Balaban J connectivity index is 1.56. The highest BCUT2D eigenvalue weighted by Gasteiger charge is 2.51. The Morgan fingerprint density at radius 2 is 1.68 bits per heavy atom. The maximum atomic E-state index is 13.0. The molecule has 1 fully saturated rings. The van der Waals surface area contributed by atoms with Crippen LogP contribution >= 0.6 is 0 Å². The molecule has 0 bridgehead atoms. The number of carbonyl (C=O) groups excluding carboxylic acids is 1. The standard InChI is InChI=1S/C29H35NO4/c1-20(21-11-12-23-18-25(33-5)14-13-22(23)17-21)27(31)34-26-10-8-9-24(19-26)29(32)16-7-6-15-28(29,2)30(3)4/h8-14,17-20,32H,6-7,15-16H2,1-5H3. The Kier molecular flexibility index (Phi) is 6.70. The Hall–Kier alpha value is -2.89. The fourth-order valence-corrected chi connectivity index (χ4v) is 5.17. The average molecular weight is 462 g/mol. The summed E-state index contributed by atoms with van der Waals surface area (Å²) in [6.45, 7) is 3.97. The minimum absolute atomic E-state index is 0.323. The smallest absolute Gasteiger partial charge is 0.318 e. The number of carbonyl (C=O) groups is 1. The number of rotatable bonds is 6.